The molecule has 4 nitrogen and oxygen atoms in total. The van der Waals surface area contributed by atoms with Crippen LogP contribution in [0.1, 0.15) is 30.3 Å². The molecule has 0 saturated heterocycles. The van der Waals surface area contributed by atoms with E-state index in [1.165, 1.54) is 0 Å². The van der Waals surface area contributed by atoms with Crippen LogP contribution in [0.2, 0.25) is 0 Å². The molecule has 1 aromatic heterocycles. The lowest BCUT2D eigenvalue weighted by Gasteiger charge is -1.99. The number of allylic oxidation sites excluding steroid dienone is 1. The Morgan fingerprint density at radius 2 is 2.20 bits per heavy atom. The third kappa shape index (κ3) is 2.26. The number of aromatic nitrogens is 1. The van der Waals surface area contributed by atoms with E-state index in [2.05, 4.69) is 0 Å². The Labute approximate surface area is 89.4 Å². The molecule has 0 bridgehead atoms. The predicted octanol–water partition coefficient (Wildman–Crippen LogP) is 2.67. The number of rotatable bonds is 3. The van der Waals surface area contributed by atoms with E-state index in [1.807, 2.05) is 31.5 Å². The molecule has 0 N–H and O–H groups in total. The van der Waals surface area contributed by atoms with Crippen LogP contribution in [-0.4, -0.2) is 9.49 Å². The standard InChI is InChI=1S/C11H16N2O2/c1-5-11(13(14)15)7-10-6-8(2)12(4)9(10)3/h6-7H,5H2,1-4H3. The molecule has 1 rings (SSSR count). The molecule has 0 aliphatic heterocycles. The Balaban J connectivity index is 3.17. The predicted molar refractivity (Wildman–Crippen MR) is 60.1 cm³/mol. The zero-order chi connectivity index (χ0) is 11.6. The number of nitro groups is 1. The van der Waals surface area contributed by atoms with Crippen molar-refractivity contribution in [1.82, 2.24) is 4.57 Å². The van der Waals surface area contributed by atoms with Crippen molar-refractivity contribution in [2.24, 2.45) is 7.05 Å². The minimum atomic E-state index is -0.318. The van der Waals surface area contributed by atoms with Crippen LogP contribution in [0, 0.1) is 24.0 Å². The minimum absolute atomic E-state index is 0.253. The second-order valence-corrected chi connectivity index (χ2v) is 3.63. The van der Waals surface area contributed by atoms with Gasteiger partial charge in [0.1, 0.15) is 0 Å². The van der Waals surface area contributed by atoms with Crippen LogP contribution in [0.15, 0.2) is 11.8 Å². The smallest absolute Gasteiger partial charge is 0.246 e. The van der Waals surface area contributed by atoms with E-state index in [-0.39, 0.29) is 10.6 Å². The molecular formula is C11H16N2O2. The fourth-order valence-corrected chi connectivity index (χ4v) is 1.49. The molecule has 0 radical (unpaired) electrons. The molecule has 0 aliphatic rings. The van der Waals surface area contributed by atoms with Gasteiger partial charge in [-0.15, -0.1) is 0 Å². The lowest BCUT2D eigenvalue weighted by molar-refractivity contribution is -0.425. The van der Waals surface area contributed by atoms with Crippen LogP contribution in [0.5, 0.6) is 0 Å². The first kappa shape index (κ1) is 11.5. The fraction of sp³-hybridized carbons (Fsp3) is 0.455. The molecule has 0 spiro atoms. The highest BCUT2D eigenvalue weighted by molar-refractivity contribution is 5.55. The molecule has 0 atom stereocenters. The van der Waals surface area contributed by atoms with E-state index in [0.717, 1.165) is 17.0 Å². The number of hydrogen-bond donors (Lipinski definition) is 0. The molecule has 1 aromatic rings. The summed E-state index contributed by atoms with van der Waals surface area (Å²) in [5, 5.41) is 10.7. The van der Waals surface area contributed by atoms with Gasteiger partial charge in [0.2, 0.25) is 5.70 Å². The minimum Gasteiger partial charge on any atom is -0.352 e. The summed E-state index contributed by atoms with van der Waals surface area (Å²) in [6.07, 6.45) is 2.10. The van der Waals surface area contributed by atoms with Crippen LogP contribution < -0.4 is 0 Å². The van der Waals surface area contributed by atoms with Gasteiger partial charge < -0.3 is 4.57 Å². The van der Waals surface area contributed by atoms with Gasteiger partial charge in [0.05, 0.1) is 4.92 Å². The van der Waals surface area contributed by atoms with Crippen LogP contribution in [0.25, 0.3) is 6.08 Å². The van der Waals surface area contributed by atoms with Crippen molar-refractivity contribution in [3.8, 4) is 0 Å². The molecule has 0 aliphatic carbocycles. The molecule has 82 valence electrons. The summed E-state index contributed by atoms with van der Waals surface area (Å²) in [5.74, 6) is 0. The van der Waals surface area contributed by atoms with E-state index >= 15 is 0 Å². The first-order valence-electron chi connectivity index (χ1n) is 4.95. The van der Waals surface area contributed by atoms with Crippen molar-refractivity contribution in [2.45, 2.75) is 27.2 Å². The quantitative estimate of drug-likeness (QED) is 0.566. The number of aryl methyl sites for hydroxylation is 1. The summed E-state index contributed by atoms with van der Waals surface area (Å²) in [5.41, 5.74) is 3.35. The van der Waals surface area contributed by atoms with Crippen molar-refractivity contribution >= 4 is 6.08 Å². The van der Waals surface area contributed by atoms with Gasteiger partial charge in [-0.25, -0.2) is 0 Å². The summed E-state index contributed by atoms with van der Waals surface area (Å²) in [6, 6.07) is 1.97. The van der Waals surface area contributed by atoms with Crippen LogP contribution >= 0.6 is 0 Å². The van der Waals surface area contributed by atoms with Crippen LogP contribution in [-0.2, 0) is 7.05 Å². The summed E-state index contributed by atoms with van der Waals surface area (Å²) in [7, 11) is 1.96. The topological polar surface area (TPSA) is 48.1 Å². The van der Waals surface area contributed by atoms with E-state index in [1.54, 1.807) is 13.0 Å². The van der Waals surface area contributed by atoms with Gasteiger partial charge in [-0.05, 0) is 19.9 Å². The molecule has 0 fully saturated rings. The van der Waals surface area contributed by atoms with Crippen molar-refractivity contribution in [3.63, 3.8) is 0 Å². The van der Waals surface area contributed by atoms with Gasteiger partial charge in [-0.1, -0.05) is 6.92 Å². The molecular weight excluding hydrogens is 192 g/mol. The normalized spacial score (nSPS) is 11.9. The third-order valence-corrected chi connectivity index (χ3v) is 2.73. The maximum Gasteiger partial charge on any atom is 0.246 e. The maximum absolute atomic E-state index is 10.7. The van der Waals surface area contributed by atoms with Gasteiger partial charge in [-0.2, -0.15) is 0 Å². The Bertz CT molecular complexity index is 416. The second-order valence-electron chi connectivity index (χ2n) is 3.63. The highest BCUT2D eigenvalue weighted by atomic mass is 16.6. The Hall–Kier alpha value is -1.58. The van der Waals surface area contributed by atoms with Crippen molar-refractivity contribution in [2.75, 3.05) is 0 Å². The summed E-state index contributed by atoms with van der Waals surface area (Å²) < 4.78 is 2.03. The highest BCUT2D eigenvalue weighted by Gasteiger charge is 2.10. The molecule has 0 unspecified atom stereocenters. The highest BCUT2D eigenvalue weighted by Crippen LogP contribution is 2.17. The van der Waals surface area contributed by atoms with Gasteiger partial charge in [0.25, 0.3) is 0 Å². The fourth-order valence-electron chi connectivity index (χ4n) is 1.49. The summed E-state index contributed by atoms with van der Waals surface area (Å²) >= 11 is 0. The molecule has 4 heteroatoms. The van der Waals surface area contributed by atoms with Crippen molar-refractivity contribution in [3.05, 3.63) is 38.8 Å². The zero-order valence-corrected chi connectivity index (χ0v) is 9.57. The SMILES string of the molecule is CCC(=Cc1cc(C)n(C)c1C)[N+](=O)[O-]. The maximum atomic E-state index is 10.7. The van der Waals surface area contributed by atoms with Gasteiger partial charge >= 0.3 is 0 Å². The average molecular weight is 208 g/mol. The number of hydrogen-bond acceptors (Lipinski definition) is 2. The second kappa shape index (κ2) is 4.29. The number of nitrogens with zero attached hydrogens (tertiary/aromatic N) is 2. The Morgan fingerprint density at radius 3 is 2.53 bits per heavy atom. The van der Waals surface area contributed by atoms with Crippen LogP contribution in [0.4, 0.5) is 0 Å². The average Bonchev–Trinajstić information content (AvgIpc) is 2.42. The molecule has 0 saturated carbocycles. The molecule has 1 heterocycles. The Kier molecular flexibility index (Phi) is 3.29. The molecule has 0 amide bonds. The first-order chi connectivity index (χ1) is 6.97. The summed E-state index contributed by atoms with van der Waals surface area (Å²) in [6.45, 7) is 5.74. The van der Waals surface area contributed by atoms with Crippen molar-refractivity contribution < 1.29 is 4.92 Å². The van der Waals surface area contributed by atoms with E-state index < -0.39 is 0 Å². The van der Waals surface area contributed by atoms with Crippen LogP contribution in [0.3, 0.4) is 0 Å². The van der Waals surface area contributed by atoms with E-state index in [0.29, 0.717) is 6.42 Å². The monoisotopic (exact) mass is 208 g/mol. The largest absolute Gasteiger partial charge is 0.352 e. The zero-order valence-electron chi connectivity index (χ0n) is 9.57. The third-order valence-electron chi connectivity index (χ3n) is 2.73. The van der Waals surface area contributed by atoms with Gasteiger partial charge in [0, 0.05) is 36.5 Å². The molecule has 0 aromatic carbocycles. The van der Waals surface area contributed by atoms with Crippen molar-refractivity contribution in [1.29, 1.82) is 0 Å². The Morgan fingerprint density at radius 1 is 1.60 bits per heavy atom. The van der Waals surface area contributed by atoms with E-state index in [9.17, 15) is 10.1 Å². The summed E-state index contributed by atoms with van der Waals surface area (Å²) in [4.78, 5) is 10.4. The molecule has 15 heavy (non-hydrogen) atoms. The first-order valence-corrected chi connectivity index (χ1v) is 4.95. The van der Waals surface area contributed by atoms with Gasteiger partial charge in [0.15, 0.2) is 0 Å². The lowest BCUT2D eigenvalue weighted by Crippen LogP contribution is -1.97. The van der Waals surface area contributed by atoms with E-state index in [4.69, 9.17) is 0 Å². The lowest BCUT2D eigenvalue weighted by atomic mass is 10.2. The van der Waals surface area contributed by atoms with Gasteiger partial charge in [-0.3, -0.25) is 10.1 Å².